The Morgan fingerprint density at radius 3 is 2.00 bits per heavy atom. The molecule has 4 rings (SSSR count). The van der Waals surface area contributed by atoms with E-state index in [0.29, 0.717) is 39.9 Å². The predicted molar refractivity (Wildman–Crippen MR) is 136 cm³/mol. The van der Waals surface area contributed by atoms with Crippen LogP contribution in [-0.4, -0.2) is 18.4 Å². The molecule has 0 aliphatic carbocycles. The van der Waals surface area contributed by atoms with E-state index in [2.05, 4.69) is 22.8 Å². The molecule has 0 saturated carbocycles. The van der Waals surface area contributed by atoms with Crippen LogP contribution in [0.1, 0.15) is 26.3 Å². The molecule has 4 aromatic rings. The topological polar surface area (TPSA) is 67.4 Å². The van der Waals surface area contributed by atoms with Crippen LogP contribution in [0.3, 0.4) is 0 Å². The molecule has 0 radical (unpaired) electrons. The lowest BCUT2D eigenvalue weighted by molar-refractivity contribution is 0.101. The lowest BCUT2D eigenvalue weighted by Gasteiger charge is -2.10. The number of anilines is 2. The first-order valence-corrected chi connectivity index (χ1v) is 11.2. The van der Waals surface area contributed by atoms with Crippen LogP contribution in [0.5, 0.6) is 5.75 Å². The summed E-state index contributed by atoms with van der Waals surface area (Å²) in [5.41, 5.74) is 3.17. The number of rotatable bonds is 8. The van der Waals surface area contributed by atoms with Gasteiger partial charge >= 0.3 is 0 Å². The second kappa shape index (κ2) is 11.2. The molecule has 0 aliphatic rings. The molecular formula is C28H23ClN2O3. The minimum atomic E-state index is -0.299. The van der Waals surface area contributed by atoms with E-state index in [1.165, 1.54) is 5.56 Å². The minimum Gasteiger partial charge on any atom is -0.493 e. The van der Waals surface area contributed by atoms with Crippen molar-refractivity contribution in [1.29, 1.82) is 0 Å². The van der Waals surface area contributed by atoms with Gasteiger partial charge in [0.05, 0.1) is 6.61 Å². The van der Waals surface area contributed by atoms with Crippen molar-refractivity contribution in [2.24, 2.45) is 0 Å². The summed E-state index contributed by atoms with van der Waals surface area (Å²) < 4.78 is 5.82. The Morgan fingerprint density at radius 1 is 0.676 bits per heavy atom. The zero-order valence-electron chi connectivity index (χ0n) is 18.3. The Bertz CT molecular complexity index is 1290. The summed E-state index contributed by atoms with van der Waals surface area (Å²) in [7, 11) is 0. The van der Waals surface area contributed by atoms with E-state index in [1.807, 2.05) is 24.3 Å². The molecule has 0 heterocycles. The maximum Gasteiger partial charge on any atom is 0.255 e. The van der Waals surface area contributed by atoms with Crippen LogP contribution in [-0.2, 0) is 6.42 Å². The summed E-state index contributed by atoms with van der Waals surface area (Å²) in [5.74, 6) is 0.0336. The van der Waals surface area contributed by atoms with Gasteiger partial charge < -0.3 is 15.4 Å². The summed E-state index contributed by atoms with van der Waals surface area (Å²) in [6, 6.07) is 30.8. The quantitative estimate of drug-likeness (QED) is 0.310. The Morgan fingerprint density at radius 2 is 1.29 bits per heavy atom. The number of nitrogens with one attached hydrogen (secondary N) is 2. The number of amides is 2. The van der Waals surface area contributed by atoms with Crippen molar-refractivity contribution in [2.75, 3.05) is 17.2 Å². The summed E-state index contributed by atoms with van der Waals surface area (Å²) in [4.78, 5) is 25.4. The highest BCUT2D eigenvalue weighted by molar-refractivity contribution is 6.31. The zero-order valence-corrected chi connectivity index (χ0v) is 19.1. The second-order valence-electron chi connectivity index (χ2n) is 7.61. The fraction of sp³-hybridized carbons (Fsp3) is 0.0714. The van der Waals surface area contributed by atoms with Crippen molar-refractivity contribution in [3.8, 4) is 5.75 Å². The van der Waals surface area contributed by atoms with E-state index in [0.717, 1.165) is 6.42 Å². The van der Waals surface area contributed by atoms with Crippen LogP contribution < -0.4 is 15.4 Å². The Balaban J connectivity index is 1.37. The van der Waals surface area contributed by atoms with E-state index >= 15 is 0 Å². The third-order valence-corrected chi connectivity index (χ3v) is 5.30. The van der Waals surface area contributed by atoms with Crippen molar-refractivity contribution in [3.63, 3.8) is 0 Å². The fourth-order valence-corrected chi connectivity index (χ4v) is 3.56. The molecule has 170 valence electrons. The number of hydrogen-bond donors (Lipinski definition) is 2. The molecule has 0 saturated heterocycles. The summed E-state index contributed by atoms with van der Waals surface area (Å²) in [6.07, 6.45) is 0.779. The van der Waals surface area contributed by atoms with E-state index in [4.69, 9.17) is 16.3 Å². The molecule has 0 spiro atoms. The van der Waals surface area contributed by atoms with Gasteiger partial charge in [0.2, 0.25) is 0 Å². The Labute approximate surface area is 203 Å². The van der Waals surface area contributed by atoms with E-state index in [-0.39, 0.29) is 11.8 Å². The third-order valence-electron chi connectivity index (χ3n) is 5.06. The number of hydrogen-bond acceptors (Lipinski definition) is 3. The van der Waals surface area contributed by atoms with Gasteiger partial charge in [-0.15, -0.1) is 0 Å². The van der Waals surface area contributed by atoms with Crippen molar-refractivity contribution in [1.82, 2.24) is 0 Å². The van der Waals surface area contributed by atoms with Crippen LogP contribution in [0.25, 0.3) is 0 Å². The van der Waals surface area contributed by atoms with Gasteiger partial charge in [0, 0.05) is 33.9 Å². The van der Waals surface area contributed by atoms with Crippen molar-refractivity contribution >= 4 is 34.8 Å². The van der Waals surface area contributed by atoms with Gasteiger partial charge in [-0.1, -0.05) is 60.1 Å². The number of carbonyl (C=O) groups is 2. The monoisotopic (exact) mass is 470 g/mol. The third kappa shape index (κ3) is 6.47. The van der Waals surface area contributed by atoms with Crippen LogP contribution >= 0.6 is 11.6 Å². The minimum absolute atomic E-state index is 0.291. The standard InChI is InChI=1S/C28H23ClN2O3/c29-23-11-6-13-25(19-23)31-27(32)21-9-4-12-24(17-21)30-28(33)22-10-5-14-26(18-22)34-16-15-20-7-2-1-3-8-20/h1-14,17-19H,15-16H2,(H,30,33)(H,31,32). The van der Waals surface area contributed by atoms with E-state index < -0.39 is 0 Å². The Kier molecular flexibility index (Phi) is 7.58. The van der Waals surface area contributed by atoms with Crippen LogP contribution in [0.2, 0.25) is 5.02 Å². The molecule has 6 heteroatoms. The molecule has 34 heavy (non-hydrogen) atoms. The first-order valence-electron chi connectivity index (χ1n) is 10.8. The molecule has 2 N–H and O–H groups in total. The average Bonchev–Trinajstić information content (AvgIpc) is 2.85. The van der Waals surface area contributed by atoms with Crippen molar-refractivity contribution in [2.45, 2.75) is 6.42 Å². The molecule has 0 bridgehead atoms. The summed E-state index contributed by atoms with van der Waals surface area (Å²) in [5, 5.41) is 6.17. The average molecular weight is 471 g/mol. The van der Waals surface area contributed by atoms with Crippen molar-refractivity contribution in [3.05, 3.63) is 125 Å². The molecule has 2 amide bonds. The predicted octanol–water partition coefficient (Wildman–Crippen LogP) is 6.47. The molecule has 0 atom stereocenters. The largest absolute Gasteiger partial charge is 0.493 e. The molecule has 0 unspecified atom stereocenters. The van der Waals surface area contributed by atoms with E-state index in [9.17, 15) is 9.59 Å². The van der Waals surface area contributed by atoms with Gasteiger partial charge in [-0.25, -0.2) is 0 Å². The van der Waals surface area contributed by atoms with Crippen LogP contribution in [0.4, 0.5) is 11.4 Å². The number of ether oxygens (including phenoxy) is 1. The maximum absolute atomic E-state index is 12.8. The SMILES string of the molecule is O=C(Nc1cccc(Cl)c1)c1cccc(NC(=O)c2cccc(OCCc3ccccc3)c2)c1. The van der Waals surface area contributed by atoms with E-state index in [1.54, 1.807) is 66.7 Å². The second-order valence-corrected chi connectivity index (χ2v) is 8.05. The molecular weight excluding hydrogens is 448 g/mol. The van der Waals surface area contributed by atoms with Gasteiger partial charge in [-0.2, -0.15) is 0 Å². The molecule has 5 nitrogen and oxygen atoms in total. The maximum atomic E-state index is 12.8. The molecule has 0 fully saturated rings. The first kappa shape index (κ1) is 23.1. The lowest BCUT2D eigenvalue weighted by Crippen LogP contribution is -2.14. The lowest BCUT2D eigenvalue weighted by atomic mass is 10.1. The number of halogens is 1. The smallest absolute Gasteiger partial charge is 0.255 e. The summed E-state index contributed by atoms with van der Waals surface area (Å²) >= 11 is 5.97. The number of benzene rings is 4. The van der Waals surface area contributed by atoms with Gasteiger partial charge in [0.1, 0.15) is 5.75 Å². The highest BCUT2D eigenvalue weighted by Gasteiger charge is 2.11. The van der Waals surface area contributed by atoms with Crippen molar-refractivity contribution < 1.29 is 14.3 Å². The number of carbonyl (C=O) groups excluding carboxylic acids is 2. The first-order chi connectivity index (χ1) is 16.6. The van der Waals surface area contributed by atoms with Gasteiger partial charge in [-0.05, 0) is 60.2 Å². The normalized spacial score (nSPS) is 10.4. The highest BCUT2D eigenvalue weighted by Crippen LogP contribution is 2.19. The molecule has 0 aliphatic heterocycles. The van der Waals surface area contributed by atoms with Gasteiger partial charge in [0.25, 0.3) is 11.8 Å². The molecule has 4 aromatic carbocycles. The van der Waals surface area contributed by atoms with Crippen LogP contribution in [0.15, 0.2) is 103 Å². The fourth-order valence-electron chi connectivity index (χ4n) is 3.37. The highest BCUT2D eigenvalue weighted by atomic mass is 35.5. The molecule has 0 aromatic heterocycles. The van der Waals surface area contributed by atoms with Gasteiger partial charge in [-0.3, -0.25) is 9.59 Å². The zero-order chi connectivity index (χ0) is 23.8. The van der Waals surface area contributed by atoms with Gasteiger partial charge in [0.15, 0.2) is 0 Å². The summed E-state index contributed by atoms with van der Waals surface area (Å²) in [6.45, 7) is 0.513. The van der Waals surface area contributed by atoms with Crippen LogP contribution in [0, 0.1) is 0 Å². The Hall–Kier alpha value is -4.09.